The van der Waals surface area contributed by atoms with Crippen LogP contribution in [0.2, 0.25) is 0 Å². The topological polar surface area (TPSA) is 91.7 Å². The van der Waals surface area contributed by atoms with Gasteiger partial charge in [0.1, 0.15) is 5.70 Å². The average molecular weight is 477 g/mol. The Balaban J connectivity index is 1.54. The predicted octanol–water partition coefficient (Wildman–Crippen LogP) is 4.22. The summed E-state index contributed by atoms with van der Waals surface area (Å²) in [6.45, 7) is 6.83. The summed E-state index contributed by atoms with van der Waals surface area (Å²) in [5.74, 6) is 0.232. The summed E-state index contributed by atoms with van der Waals surface area (Å²) in [5, 5.41) is 6.90. The molecule has 1 aliphatic heterocycles. The molecule has 174 valence electrons. The first-order chi connectivity index (χ1) is 16.4. The molecule has 1 N–H and O–H groups in total. The van der Waals surface area contributed by atoms with E-state index in [-0.39, 0.29) is 23.5 Å². The second-order valence-corrected chi connectivity index (χ2v) is 8.92. The molecule has 0 unspecified atom stereocenters. The van der Waals surface area contributed by atoms with E-state index >= 15 is 0 Å². The van der Waals surface area contributed by atoms with Crippen molar-refractivity contribution >= 4 is 46.4 Å². The lowest BCUT2D eigenvalue weighted by molar-refractivity contribution is -0.759. The van der Waals surface area contributed by atoms with Gasteiger partial charge in [0.2, 0.25) is 11.2 Å². The van der Waals surface area contributed by atoms with Crippen LogP contribution in [-0.4, -0.2) is 28.0 Å². The molecule has 0 fully saturated rings. The van der Waals surface area contributed by atoms with Gasteiger partial charge in [-0.25, -0.2) is 4.99 Å². The summed E-state index contributed by atoms with van der Waals surface area (Å²) in [7, 11) is 0. The zero-order chi connectivity index (χ0) is 24.1. The van der Waals surface area contributed by atoms with Gasteiger partial charge >= 0.3 is 5.88 Å². The van der Waals surface area contributed by atoms with E-state index in [1.165, 1.54) is 22.2 Å². The summed E-state index contributed by atoms with van der Waals surface area (Å²) in [6, 6.07) is 17.4. The van der Waals surface area contributed by atoms with Gasteiger partial charge in [-0.1, -0.05) is 72.8 Å². The lowest BCUT2D eigenvalue weighted by Crippen LogP contribution is -2.33. The van der Waals surface area contributed by atoms with Gasteiger partial charge in [0.15, 0.2) is 11.7 Å². The van der Waals surface area contributed by atoms with Crippen molar-refractivity contribution in [2.75, 3.05) is 16.0 Å². The summed E-state index contributed by atoms with van der Waals surface area (Å²) < 4.78 is 6.65. The number of aromatic nitrogens is 2. The standard InChI is InChI=1S/C25H25N5O3S/c1-4-29-15-23(33-28-29)27-22(31)16-34-25-26-21(14-18-10-12-19(13-11-18)17(2)3)24(32)30(25)20-8-6-5-7-9-20/h5-15,17H,4,16H2,1-3H3/p+1/b21-14+. The van der Waals surface area contributed by atoms with Crippen LogP contribution in [0.4, 0.5) is 11.6 Å². The molecule has 0 radical (unpaired) electrons. The molecule has 0 saturated heterocycles. The van der Waals surface area contributed by atoms with Crippen LogP contribution in [0, 0.1) is 0 Å². The highest BCUT2D eigenvalue weighted by Gasteiger charge is 2.32. The number of thioether (sulfide) groups is 1. The van der Waals surface area contributed by atoms with E-state index in [0.29, 0.717) is 29.0 Å². The number of amidine groups is 1. The summed E-state index contributed by atoms with van der Waals surface area (Å²) in [6.07, 6.45) is 3.38. The number of hydrogen-bond donors (Lipinski definition) is 1. The van der Waals surface area contributed by atoms with Crippen molar-refractivity contribution in [1.29, 1.82) is 0 Å². The number of nitrogens with zero attached hydrogens (tertiary/aromatic N) is 4. The van der Waals surface area contributed by atoms with Crippen molar-refractivity contribution < 1.29 is 18.8 Å². The maximum atomic E-state index is 13.3. The highest BCUT2D eigenvalue weighted by atomic mass is 32.2. The molecule has 1 aromatic heterocycles. The lowest BCUT2D eigenvalue weighted by Gasteiger charge is -2.17. The minimum atomic E-state index is -0.283. The molecule has 3 aromatic rings. The molecule has 1 aliphatic rings. The zero-order valence-corrected chi connectivity index (χ0v) is 20.1. The molecular formula is C25H26N5O3S+. The Morgan fingerprint density at radius 1 is 1.18 bits per heavy atom. The molecule has 0 bridgehead atoms. The molecule has 2 amide bonds. The SMILES string of the molecule is CC[n+]1cc(NC(=O)CSC2=N/C(=C/c3ccc(C(C)C)cc3)C(=O)N2c2ccccc2)on1. The Morgan fingerprint density at radius 3 is 2.56 bits per heavy atom. The first-order valence-corrected chi connectivity index (χ1v) is 12.0. The fourth-order valence-electron chi connectivity index (χ4n) is 3.32. The van der Waals surface area contributed by atoms with Crippen LogP contribution in [-0.2, 0) is 16.1 Å². The largest absolute Gasteiger partial charge is 0.302 e. The van der Waals surface area contributed by atoms with Crippen LogP contribution < -0.4 is 14.9 Å². The van der Waals surface area contributed by atoms with Crippen molar-refractivity contribution in [3.63, 3.8) is 0 Å². The monoisotopic (exact) mass is 476 g/mol. The number of carbonyl (C=O) groups is 2. The number of rotatable bonds is 7. The summed E-state index contributed by atoms with van der Waals surface area (Å²) >= 11 is 1.18. The highest BCUT2D eigenvalue weighted by molar-refractivity contribution is 8.14. The molecular weight excluding hydrogens is 450 g/mol. The minimum Gasteiger partial charge on any atom is -0.288 e. The van der Waals surface area contributed by atoms with Crippen LogP contribution in [0.15, 0.2) is 76.0 Å². The van der Waals surface area contributed by atoms with Gasteiger partial charge in [0.05, 0.1) is 11.4 Å². The predicted molar refractivity (Wildman–Crippen MR) is 133 cm³/mol. The Labute approximate surface area is 202 Å². The molecule has 2 aromatic carbocycles. The van der Waals surface area contributed by atoms with E-state index in [2.05, 4.69) is 41.6 Å². The van der Waals surface area contributed by atoms with E-state index in [0.717, 1.165) is 5.56 Å². The molecule has 9 heteroatoms. The fourth-order valence-corrected chi connectivity index (χ4v) is 4.13. The molecule has 34 heavy (non-hydrogen) atoms. The van der Waals surface area contributed by atoms with Gasteiger partial charge in [-0.05, 0) is 42.2 Å². The Kier molecular flexibility index (Phi) is 7.22. The second kappa shape index (κ2) is 10.5. The maximum absolute atomic E-state index is 13.3. The normalized spacial score (nSPS) is 14.7. The third-order valence-electron chi connectivity index (χ3n) is 5.18. The van der Waals surface area contributed by atoms with Gasteiger partial charge < -0.3 is 0 Å². The third kappa shape index (κ3) is 5.43. The number of benzene rings is 2. The van der Waals surface area contributed by atoms with Crippen molar-refractivity contribution in [2.45, 2.75) is 33.2 Å². The van der Waals surface area contributed by atoms with Crippen LogP contribution >= 0.6 is 11.8 Å². The van der Waals surface area contributed by atoms with Crippen molar-refractivity contribution in [3.8, 4) is 0 Å². The van der Waals surface area contributed by atoms with Crippen LogP contribution in [0.3, 0.4) is 0 Å². The number of anilines is 2. The van der Waals surface area contributed by atoms with Crippen molar-refractivity contribution in [3.05, 3.63) is 77.6 Å². The number of para-hydroxylation sites is 1. The first-order valence-electron chi connectivity index (χ1n) is 11.0. The molecule has 2 heterocycles. The molecule has 0 saturated carbocycles. The zero-order valence-electron chi connectivity index (χ0n) is 19.3. The number of carbonyl (C=O) groups excluding carboxylic acids is 2. The Hall–Kier alpha value is -3.72. The van der Waals surface area contributed by atoms with Crippen LogP contribution in [0.1, 0.15) is 37.8 Å². The van der Waals surface area contributed by atoms with E-state index in [4.69, 9.17) is 4.52 Å². The van der Waals surface area contributed by atoms with E-state index in [1.54, 1.807) is 17.0 Å². The summed E-state index contributed by atoms with van der Waals surface area (Å²) in [5.41, 5.74) is 3.14. The molecule has 0 spiro atoms. The quantitative estimate of drug-likeness (QED) is 0.407. The summed E-state index contributed by atoms with van der Waals surface area (Å²) in [4.78, 5) is 31.8. The number of aliphatic imine (C=N–C) groups is 1. The lowest BCUT2D eigenvalue weighted by atomic mass is 10.0. The highest BCUT2D eigenvalue weighted by Crippen LogP contribution is 2.29. The van der Waals surface area contributed by atoms with Gasteiger partial charge in [-0.3, -0.25) is 24.3 Å². The second-order valence-electron chi connectivity index (χ2n) is 7.98. The van der Waals surface area contributed by atoms with Gasteiger partial charge in [0.25, 0.3) is 12.1 Å². The van der Waals surface area contributed by atoms with Gasteiger partial charge in [-0.15, -0.1) is 0 Å². The van der Waals surface area contributed by atoms with Crippen LogP contribution in [0.5, 0.6) is 0 Å². The van der Waals surface area contributed by atoms with E-state index in [1.807, 2.05) is 49.4 Å². The number of aryl methyl sites for hydroxylation is 1. The number of hydrogen-bond acceptors (Lipinski definition) is 6. The maximum Gasteiger partial charge on any atom is 0.302 e. The molecule has 0 atom stereocenters. The fraction of sp³-hybridized carbons (Fsp3) is 0.240. The van der Waals surface area contributed by atoms with Crippen molar-refractivity contribution in [1.82, 2.24) is 5.27 Å². The first kappa shape index (κ1) is 23.4. The molecule has 8 nitrogen and oxygen atoms in total. The Bertz CT molecular complexity index is 1230. The third-order valence-corrected chi connectivity index (χ3v) is 6.12. The smallest absolute Gasteiger partial charge is 0.288 e. The minimum absolute atomic E-state index is 0.0542. The average Bonchev–Trinajstić information content (AvgIpc) is 3.42. The van der Waals surface area contributed by atoms with Crippen molar-refractivity contribution in [2.24, 2.45) is 4.99 Å². The van der Waals surface area contributed by atoms with E-state index < -0.39 is 0 Å². The van der Waals surface area contributed by atoms with Gasteiger partial charge in [0, 0.05) is 0 Å². The number of amides is 2. The van der Waals surface area contributed by atoms with E-state index in [9.17, 15) is 9.59 Å². The van der Waals surface area contributed by atoms with Crippen LogP contribution in [0.25, 0.3) is 6.08 Å². The Morgan fingerprint density at radius 2 is 1.91 bits per heavy atom. The molecule has 4 rings (SSSR count). The van der Waals surface area contributed by atoms with Gasteiger partial charge in [-0.2, -0.15) is 0 Å². The number of nitrogens with one attached hydrogen (secondary N) is 1. The molecule has 0 aliphatic carbocycles.